The Bertz CT molecular complexity index is 1370. The highest BCUT2D eigenvalue weighted by molar-refractivity contribution is 7.18. The number of aromatic nitrogens is 3. The quantitative estimate of drug-likeness (QED) is 0.483. The van der Waals surface area contributed by atoms with Crippen LogP contribution in [0.5, 0.6) is 0 Å². The number of rotatable bonds is 5. The topological polar surface area (TPSA) is 71.8 Å². The number of thiophene rings is 1. The van der Waals surface area contributed by atoms with Crippen LogP contribution in [0, 0.1) is 0 Å². The van der Waals surface area contributed by atoms with E-state index in [1.54, 1.807) is 11.3 Å². The van der Waals surface area contributed by atoms with E-state index in [4.69, 9.17) is 0 Å². The van der Waals surface area contributed by atoms with Crippen molar-refractivity contribution in [1.29, 1.82) is 0 Å². The van der Waals surface area contributed by atoms with E-state index in [0.717, 1.165) is 66.5 Å². The van der Waals surface area contributed by atoms with Crippen molar-refractivity contribution >= 4 is 32.5 Å². The van der Waals surface area contributed by atoms with Gasteiger partial charge < -0.3 is 9.88 Å². The SMILES string of the molecule is CCCNCc1cn(C)c2ccc(-n3c(=O)[nH]c4sc5c(c4c3=O)CCCC5)cc12. The molecule has 0 amide bonds. The first-order valence-corrected chi connectivity index (χ1v) is 11.5. The Balaban J connectivity index is 1.69. The second kappa shape index (κ2) is 7.56. The number of hydrogen-bond donors (Lipinski definition) is 2. The summed E-state index contributed by atoms with van der Waals surface area (Å²) < 4.78 is 3.40. The van der Waals surface area contributed by atoms with Gasteiger partial charge in [-0.05, 0) is 68.0 Å². The molecule has 1 aliphatic carbocycles. The van der Waals surface area contributed by atoms with Crippen molar-refractivity contribution in [3.63, 3.8) is 0 Å². The van der Waals surface area contributed by atoms with E-state index in [2.05, 4.69) is 28.0 Å². The van der Waals surface area contributed by atoms with Crippen LogP contribution in [0.3, 0.4) is 0 Å². The first-order valence-electron chi connectivity index (χ1n) is 10.7. The Morgan fingerprint density at radius 1 is 1.20 bits per heavy atom. The highest BCUT2D eigenvalue weighted by Gasteiger charge is 2.21. The molecule has 0 fully saturated rings. The lowest BCUT2D eigenvalue weighted by atomic mass is 9.97. The zero-order chi connectivity index (χ0) is 20.8. The zero-order valence-electron chi connectivity index (χ0n) is 17.4. The van der Waals surface area contributed by atoms with Crippen LogP contribution < -0.4 is 16.6 Å². The lowest BCUT2D eigenvalue weighted by molar-refractivity contribution is 0.676. The van der Waals surface area contributed by atoms with Crippen LogP contribution in [0.25, 0.3) is 26.8 Å². The summed E-state index contributed by atoms with van der Waals surface area (Å²) in [6, 6.07) is 5.83. The lowest BCUT2D eigenvalue weighted by Crippen LogP contribution is -2.33. The number of nitrogens with one attached hydrogen (secondary N) is 2. The minimum Gasteiger partial charge on any atom is -0.350 e. The number of benzene rings is 1. The van der Waals surface area contributed by atoms with E-state index in [1.165, 1.54) is 15.0 Å². The van der Waals surface area contributed by atoms with Crippen LogP contribution in [0.4, 0.5) is 0 Å². The van der Waals surface area contributed by atoms with Crippen molar-refractivity contribution in [3.8, 4) is 5.69 Å². The number of aromatic amines is 1. The molecule has 0 radical (unpaired) electrons. The molecule has 0 bridgehead atoms. The predicted octanol–water partition coefficient (Wildman–Crippen LogP) is 3.61. The summed E-state index contributed by atoms with van der Waals surface area (Å²) in [6.07, 6.45) is 7.36. The molecule has 0 atom stereocenters. The molecule has 6 nitrogen and oxygen atoms in total. The van der Waals surface area contributed by atoms with Crippen LogP contribution in [0.1, 0.15) is 42.2 Å². The summed E-state index contributed by atoms with van der Waals surface area (Å²) in [6.45, 7) is 3.86. The molecular formula is C23H26N4O2S. The number of H-pyrrole nitrogens is 1. The van der Waals surface area contributed by atoms with Gasteiger partial charge in [0, 0.05) is 35.6 Å². The summed E-state index contributed by atoms with van der Waals surface area (Å²) in [5, 5.41) is 5.21. The van der Waals surface area contributed by atoms with Crippen molar-refractivity contribution in [2.75, 3.05) is 6.54 Å². The average Bonchev–Trinajstić information content (AvgIpc) is 3.25. The molecule has 0 saturated carbocycles. The fourth-order valence-electron chi connectivity index (χ4n) is 4.61. The number of nitrogens with zero attached hydrogens (tertiary/aromatic N) is 2. The van der Waals surface area contributed by atoms with Gasteiger partial charge in [-0.3, -0.25) is 9.78 Å². The maximum atomic E-state index is 13.5. The summed E-state index contributed by atoms with van der Waals surface area (Å²) in [7, 11) is 2.02. The maximum absolute atomic E-state index is 13.5. The average molecular weight is 423 g/mol. The van der Waals surface area contributed by atoms with E-state index in [0.29, 0.717) is 11.1 Å². The third-order valence-electron chi connectivity index (χ3n) is 6.07. The molecule has 0 aliphatic heterocycles. The first kappa shape index (κ1) is 19.3. The Hall–Kier alpha value is -2.64. The molecule has 0 saturated heterocycles. The minimum absolute atomic E-state index is 0.200. The van der Waals surface area contributed by atoms with E-state index in [9.17, 15) is 9.59 Å². The van der Waals surface area contributed by atoms with Gasteiger partial charge in [0.1, 0.15) is 4.83 Å². The van der Waals surface area contributed by atoms with Crippen LogP contribution in [-0.2, 0) is 26.4 Å². The molecule has 0 spiro atoms. The minimum atomic E-state index is -0.368. The number of hydrogen-bond acceptors (Lipinski definition) is 4. The zero-order valence-corrected chi connectivity index (χ0v) is 18.2. The Kier molecular flexibility index (Phi) is 4.87. The van der Waals surface area contributed by atoms with Gasteiger partial charge in [0.05, 0.1) is 11.1 Å². The van der Waals surface area contributed by atoms with Gasteiger partial charge in [-0.2, -0.15) is 0 Å². The van der Waals surface area contributed by atoms with Crippen molar-refractivity contribution in [3.05, 3.63) is 61.2 Å². The van der Waals surface area contributed by atoms with Crippen molar-refractivity contribution in [1.82, 2.24) is 19.4 Å². The summed E-state index contributed by atoms with van der Waals surface area (Å²) in [5.41, 5.74) is 3.45. The van der Waals surface area contributed by atoms with Crippen molar-refractivity contribution in [2.24, 2.45) is 7.05 Å². The molecule has 1 aliphatic rings. The molecule has 156 valence electrons. The van der Waals surface area contributed by atoms with Crippen molar-refractivity contribution < 1.29 is 0 Å². The van der Waals surface area contributed by atoms with E-state index >= 15 is 0 Å². The summed E-state index contributed by atoms with van der Waals surface area (Å²) >= 11 is 1.57. The molecule has 1 aromatic carbocycles. The largest absolute Gasteiger partial charge is 0.350 e. The third kappa shape index (κ3) is 3.04. The fourth-order valence-corrected chi connectivity index (χ4v) is 5.88. The third-order valence-corrected chi connectivity index (χ3v) is 7.28. The highest BCUT2D eigenvalue weighted by atomic mass is 32.1. The fraction of sp³-hybridized carbons (Fsp3) is 0.391. The van der Waals surface area contributed by atoms with Gasteiger partial charge in [0.25, 0.3) is 5.56 Å². The molecule has 2 N–H and O–H groups in total. The highest BCUT2D eigenvalue weighted by Crippen LogP contribution is 2.33. The molecule has 7 heteroatoms. The monoisotopic (exact) mass is 422 g/mol. The van der Waals surface area contributed by atoms with Crippen molar-refractivity contribution in [2.45, 2.75) is 45.6 Å². The van der Waals surface area contributed by atoms with Gasteiger partial charge >= 0.3 is 5.69 Å². The van der Waals surface area contributed by atoms with E-state index in [-0.39, 0.29) is 11.2 Å². The van der Waals surface area contributed by atoms with Gasteiger partial charge in [0.2, 0.25) is 0 Å². The van der Waals surface area contributed by atoms with Crippen LogP contribution >= 0.6 is 11.3 Å². The standard InChI is InChI=1S/C23H26N4O2S/c1-3-10-24-12-14-13-26(2)18-9-8-15(11-17(14)18)27-22(28)20-16-6-4-5-7-19(16)30-21(20)25-23(27)29/h8-9,11,13,24H,3-7,10,12H2,1-2H3,(H,25,29). The summed E-state index contributed by atoms with van der Waals surface area (Å²) in [5.74, 6) is 0. The molecule has 0 unspecified atom stereocenters. The predicted molar refractivity (Wildman–Crippen MR) is 123 cm³/mol. The Morgan fingerprint density at radius 2 is 2.03 bits per heavy atom. The van der Waals surface area contributed by atoms with Crippen LogP contribution in [-0.4, -0.2) is 20.7 Å². The Labute approximate surface area is 178 Å². The summed E-state index contributed by atoms with van der Waals surface area (Å²) in [4.78, 5) is 31.3. The second-order valence-corrected chi connectivity index (χ2v) is 9.23. The van der Waals surface area contributed by atoms with E-state index < -0.39 is 0 Å². The van der Waals surface area contributed by atoms with E-state index in [1.807, 2.05) is 25.2 Å². The van der Waals surface area contributed by atoms with Gasteiger partial charge in [-0.25, -0.2) is 9.36 Å². The maximum Gasteiger partial charge on any atom is 0.334 e. The van der Waals surface area contributed by atoms with Gasteiger partial charge in [-0.15, -0.1) is 11.3 Å². The van der Waals surface area contributed by atoms with Gasteiger partial charge in [0.15, 0.2) is 0 Å². The lowest BCUT2D eigenvalue weighted by Gasteiger charge is -2.10. The first-order chi connectivity index (χ1) is 14.6. The molecular weight excluding hydrogens is 396 g/mol. The Morgan fingerprint density at radius 3 is 2.87 bits per heavy atom. The van der Waals surface area contributed by atoms with Crippen LogP contribution in [0.2, 0.25) is 0 Å². The molecule has 4 aromatic rings. The second-order valence-electron chi connectivity index (χ2n) is 8.13. The molecule has 5 rings (SSSR count). The smallest absolute Gasteiger partial charge is 0.334 e. The molecule has 30 heavy (non-hydrogen) atoms. The number of fused-ring (bicyclic) bond motifs is 4. The molecule has 3 heterocycles. The molecule has 3 aromatic heterocycles. The normalized spacial score (nSPS) is 13.9. The number of aryl methyl sites for hydroxylation is 3. The van der Waals surface area contributed by atoms with Gasteiger partial charge in [-0.1, -0.05) is 6.92 Å². The van der Waals surface area contributed by atoms with Crippen LogP contribution in [0.15, 0.2) is 34.0 Å².